The monoisotopic (exact) mass is 448 g/mol. The van der Waals surface area contributed by atoms with Crippen LogP contribution in [0.5, 0.6) is 5.75 Å². The number of guanidine groups is 1. The van der Waals surface area contributed by atoms with Crippen molar-refractivity contribution >= 4 is 35.8 Å². The van der Waals surface area contributed by atoms with Crippen molar-refractivity contribution in [2.45, 2.75) is 39.8 Å². The first-order valence-electron chi connectivity index (χ1n) is 7.80. The van der Waals surface area contributed by atoms with E-state index in [0.29, 0.717) is 12.5 Å². The van der Waals surface area contributed by atoms with E-state index >= 15 is 0 Å². The second-order valence-corrected chi connectivity index (χ2v) is 6.19. The summed E-state index contributed by atoms with van der Waals surface area (Å²) >= 11 is 0. The maximum Gasteiger partial charge on any atom is 0.242 e. The van der Waals surface area contributed by atoms with Crippen LogP contribution in [-0.4, -0.2) is 37.6 Å². The molecule has 0 aliphatic heterocycles. The van der Waals surface area contributed by atoms with Gasteiger partial charge in [-0.25, -0.2) is 4.99 Å². The number of ether oxygens (including phenoxy) is 1. The van der Waals surface area contributed by atoms with Gasteiger partial charge in [0.25, 0.3) is 0 Å². The van der Waals surface area contributed by atoms with Gasteiger partial charge >= 0.3 is 0 Å². The Hall–Kier alpha value is -1.51. The van der Waals surface area contributed by atoms with E-state index in [-0.39, 0.29) is 42.0 Å². The summed E-state index contributed by atoms with van der Waals surface area (Å²) in [5, 5.41) is 9.22. The molecule has 1 amide bonds. The number of hydrogen-bond donors (Lipinski definition) is 3. The minimum Gasteiger partial charge on any atom is -0.497 e. The van der Waals surface area contributed by atoms with Crippen LogP contribution in [-0.2, 0) is 11.3 Å². The summed E-state index contributed by atoms with van der Waals surface area (Å²) in [5.41, 5.74) is 0.906. The Bertz CT molecular complexity index is 524. The van der Waals surface area contributed by atoms with Crippen LogP contribution in [0.25, 0.3) is 0 Å². The van der Waals surface area contributed by atoms with Gasteiger partial charge < -0.3 is 20.7 Å². The fourth-order valence-corrected chi connectivity index (χ4v) is 1.81. The summed E-state index contributed by atoms with van der Waals surface area (Å²) in [4.78, 5) is 16.2. The minimum atomic E-state index is -0.119. The molecule has 1 aromatic carbocycles. The zero-order valence-electron chi connectivity index (χ0n) is 15.1. The highest BCUT2D eigenvalue weighted by Crippen LogP contribution is 2.10. The van der Waals surface area contributed by atoms with E-state index in [1.165, 1.54) is 0 Å². The van der Waals surface area contributed by atoms with Crippen molar-refractivity contribution in [1.29, 1.82) is 0 Å². The highest BCUT2D eigenvalue weighted by atomic mass is 127. The van der Waals surface area contributed by atoms with Gasteiger partial charge in [-0.15, -0.1) is 24.0 Å². The number of halogens is 1. The number of benzene rings is 1. The van der Waals surface area contributed by atoms with Crippen molar-refractivity contribution in [3.05, 3.63) is 29.8 Å². The molecule has 0 aromatic heterocycles. The largest absolute Gasteiger partial charge is 0.497 e. The van der Waals surface area contributed by atoms with Crippen molar-refractivity contribution in [1.82, 2.24) is 16.0 Å². The van der Waals surface area contributed by atoms with E-state index in [1.54, 1.807) is 7.11 Å². The minimum absolute atomic E-state index is 0. The van der Waals surface area contributed by atoms with Gasteiger partial charge in [-0.3, -0.25) is 4.79 Å². The van der Waals surface area contributed by atoms with E-state index in [0.717, 1.165) is 17.9 Å². The van der Waals surface area contributed by atoms with Gasteiger partial charge in [-0.1, -0.05) is 12.1 Å². The van der Waals surface area contributed by atoms with Crippen LogP contribution >= 0.6 is 24.0 Å². The molecule has 0 saturated heterocycles. The molecule has 7 heteroatoms. The lowest BCUT2D eigenvalue weighted by atomic mass is 10.1. The van der Waals surface area contributed by atoms with Crippen LogP contribution in [0.4, 0.5) is 0 Å². The third-order valence-corrected chi connectivity index (χ3v) is 2.87. The number of rotatable bonds is 6. The van der Waals surface area contributed by atoms with E-state index in [4.69, 9.17) is 4.74 Å². The molecule has 0 heterocycles. The quantitative estimate of drug-likeness (QED) is 0.355. The predicted molar refractivity (Wildman–Crippen MR) is 109 cm³/mol. The summed E-state index contributed by atoms with van der Waals surface area (Å²) in [6.07, 6.45) is 0. The number of amides is 1. The Morgan fingerprint density at radius 1 is 1.17 bits per heavy atom. The van der Waals surface area contributed by atoms with Crippen molar-refractivity contribution in [2.24, 2.45) is 4.99 Å². The van der Waals surface area contributed by atoms with Crippen LogP contribution in [0.1, 0.15) is 33.3 Å². The fourth-order valence-electron chi connectivity index (χ4n) is 1.81. The van der Waals surface area contributed by atoms with Gasteiger partial charge in [-0.05, 0) is 45.4 Å². The van der Waals surface area contributed by atoms with Gasteiger partial charge in [-0.2, -0.15) is 0 Å². The number of carbonyl (C=O) groups excluding carboxylic acids is 1. The molecule has 0 spiro atoms. The van der Waals surface area contributed by atoms with E-state index in [2.05, 4.69) is 20.9 Å². The second-order valence-electron chi connectivity index (χ2n) is 6.19. The molecule has 0 fully saturated rings. The Morgan fingerprint density at radius 3 is 2.29 bits per heavy atom. The van der Waals surface area contributed by atoms with Crippen LogP contribution in [0.15, 0.2) is 29.3 Å². The third-order valence-electron chi connectivity index (χ3n) is 2.87. The maximum atomic E-state index is 11.9. The first-order chi connectivity index (χ1) is 10.8. The third kappa shape index (κ3) is 9.59. The molecule has 0 atom stereocenters. The number of nitrogens with one attached hydrogen (secondary N) is 3. The summed E-state index contributed by atoms with van der Waals surface area (Å²) in [7, 11) is 1.63. The molecular weight excluding hydrogens is 419 g/mol. The molecule has 0 aliphatic rings. The zero-order chi connectivity index (χ0) is 17.3. The van der Waals surface area contributed by atoms with Crippen LogP contribution in [0.3, 0.4) is 0 Å². The lowest BCUT2D eigenvalue weighted by Gasteiger charge is -2.23. The van der Waals surface area contributed by atoms with Crippen molar-refractivity contribution < 1.29 is 9.53 Å². The molecule has 3 N–H and O–H groups in total. The van der Waals surface area contributed by atoms with E-state index < -0.39 is 0 Å². The Kier molecular flexibility index (Phi) is 10.4. The number of aliphatic imine (C=N–C) groups is 1. The molecule has 0 radical (unpaired) electrons. The Labute approximate surface area is 161 Å². The number of methoxy groups -OCH3 is 1. The summed E-state index contributed by atoms with van der Waals surface area (Å²) in [6.45, 7) is 9.43. The van der Waals surface area contributed by atoms with Crippen molar-refractivity contribution in [3.63, 3.8) is 0 Å². The maximum absolute atomic E-state index is 11.9. The molecular formula is C17H29IN4O2. The molecule has 0 aliphatic carbocycles. The zero-order valence-corrected chi connectivity index (χ0v) is 17.4. The summed E-state index contributed by atoms with van der Waals surface area (Å²) < 4.78 is 5.10. The number of hydrogen-bond acceptors (Lipinski definition) is 3. The molecule has 0 bridgehead atoms. The molecule has 0 saturated carbocycles. The van der Waals surface area contributed by atoms with Crippen molar-refractivity contribution in [2.75, 3.05) is 20.2 Å². The van der Waals surface area contributed by atoms with Gasteiger partial charge in [0.1, 0.15) is 12.3 Å². The molecule has 1 aromatic rings. The van der Waals surface area contributed by atoms with Crippen LogP contribution in [0.2, 0.25) is 0 Å². The topological polar surface area (TPSA) is 74.8 Å². The van der Waals surface area contributed by atoms with Crippen LogP contribution in [0, 0.1) is 0 Å². The van der Waals surface area contributed by atoms with Crippen molar-refractivity contribution in [3.8, 4) is 5.75 Å². The standard InChI is InChI=1S/C17H28N4O2.HI/c1-6-18-16(21-17(2,3)4)20-12-15(22)19-11-13-7-9-14(23-5)10-8-13;/h7-10H,6,11-12H2,1-5H3,(H,19,22)(H2,18,20,21);1H. The summed E-state index contributed by atoms with van der Waals surface area (Å²) in [6, 6.07) is 7.59. The normalized spacial score (nSPS) is 11.3. The second kappa shape index (κ2) is 11.1. The number of carbonyl (C=O) groups is 1. The van der Waals surface area contributed by atoms with Gasteiger partial charge in [0.15, 0.2) is 5.96 Å². The van der Waals surface area contributed by atoms with Gasteiger partial charge in [0.05, 0.1) is 7.11 Å². The highest BCUT2D eigenvalue weighted by molar-refractivity contribution is 14.0. The average molecular weight is 448 g/mol. The molecule has 0 unspecified atom stereocenters. The fraction of sp³-hybridized carbons (Fsp3) is 0.529. The average Bonchev–Trinajstić information content (AvgIpc) is 2.50. The van der Waals surface area contributed by atoms with Gasteiger partial charge in [0.2, 0.25) is 5.91 Å². The lowest BCUT2D eigenvalue weighted by Crippen LogP contribution is -2.48. The lowest BCUT2D eigenvalue weighted by molar-refractivity contribution is -0.119. The molecule has 136 valence electrons. The summed E-state index contributed by atoms with van der Waals surface area (Å²) in [5.74, 6) is 1.32. The first-order valence-corrected chi connectivity index (χ1v) is 7.80. The first kappa shape index (κ1) is 22.5. The van der Waals surface area contributed by atoms with E-state index in [9.17, 15) is 4.79 Å². The highest BCUT2D eigenvalue weighted by Gasteiger charge is 2.12. The molecule has 6 nitrogen and oxygen atoms in total. The molecule has 24 heavy (non-hydrogen) atoms. The predicted octanol–water partition coefficient (Wildman–Crippen LogP) is 2.28. The Morgan fingerprint density at radius 2 is 1.79 bits per heavy atom. The smallest absolute Gasteiger partial charge is 0.242 e. The van der Waals surface area contributed by atoms with E-state index in [1.807, 2.05) is 52.0 Å². The SMILES string of the molecule is CCNC(=NCC(=O)NCc1ccc(OC)cc1)NC(C)(C)C.I. The van der Waals surface area contributed by atoms with Crippen LogP contribution < -0.4 is 20.7 Å². The molecule has 1 rings (SSSR count). The Balaban J connectivity index is 0.00000529. The number of nitrogens with zero attached hydrogens (tertiary/aromatic N) is 1. The van der Waals surface area contributed by atoms with Gasteiger partial charge in [0, 0.05) is 18.6 Å².